The lowest BCUT2D eigenvalue weighted by Gasteiger charge is -2.26. The fraction of sp³-hybridized carbons (Fsp3) is 0.562. The Morgan fingerprint density at radius 1 is 1.17 bits per heavy atom. The van der Waals surface area contributed by atoms with E-state index in [0.29, 0.717) is 13.2 Å². The highest BCUT2D eigenvalue weighted by molar-refractivity contribution is 5.85. The number of benzene rings is 1. The number of carbonyl (C=O) groups is 1. The summed E-state index contributed by atoms with van der Waals surface area (Å²) in [6.07, 6.45) is 0. The van der Waals surface area contributed by atoms with Crippen molar-refractivity contribution >= 4 is 30.7 Å². The zero-order valence-corrected chi connectivity index (χ0v) is 15.7. The number of likely N-dealkylation sites (N-methyl/N-ethyl adjacent to an activating group) is 1. The molecule has 1 rings (SSSR count). The molecule has 1 aromatic carbocycles. The van der Waals surface area contributed by atoms with Crippen molar-refractivity contribution in [3.8, 4) is 0 Å². The second-order valence-electron chi connectivity index (χ2n) is 4.92. The van der Waals surface area contributed by atoms with Gasteiger partial charge in [-0.05, 0) is 19.2 Å². The van der Waals surface area contributed by atoms with Crippen LogP contribution < -0.4 is 10.6 Å². The van der Waals surface area contributed by atoms with Crippen LogP contribution in [0, 0.1) is 0 Å². The third-order valence-corrected chi connectivity index (χ3v) is 3.39. The lowest BCUT2D eigenvalue weighted by molar-refractivity contribution is -0.126. The predicted molar refractivity (Wildman–Crippen MR) is 99.7 cm³/mol. The Morgan fingerprint density at radius 3 is 2.39 bits per heavy atom. The van der Waals surface area contributed by atoms with Crippen LogP contribution in [-0.4, -0.2) is 57.8 Å². The average Bonchev–Trinajstić information content (AvgIpc) is 2.51. The van der Waals surface area contributed by atoms with Crippen molar-refractivity contribution in [2.75, 3.05) is 46.9 Å². The Hall–Kier alpha value is -0.850. The molecule has 0 aromatic heterocycles. The maximum Gasteiger partial charge on any atom is 0.241 e. The largest absolute Gasteiger partial charge is 0.383 e. The first-order chi connectivity index (χ1) is 10.2. The van der Waals surface area contributed by atoms with Crippen LogP contribution in [0.15, 0.2) is 30.3 Å². The molecule has 5 nitrogen and oxygen atoms in total. The Balaban J connectivity index is 0. The molecule has 0 heterocycles. The maximum absolute atomic E-state index is 12.4. The monoisotopic (exact) mass is 365 g/mol. The molecule has 0 aliphatic carbocycles. The third kappa shape index (κ3) is 9.13. The number of nitrogens with zero attached hydrogens (tertiary/aromatic N) is 1. The minimum atomic E-state index is -0.241. The Morgan fingerprint density at radius 2 is 1.83 bits per heavy atom. The van der Waals surface area contributed by atoms with Crippen molar-refractivity contribution < 1.29 is 9.53 Å². The molecule has 7 heteroatoms. The number of methoxy groups -OCH3 is 1. The summed E-state index contributed by atoms with van der Waals surface area (Å²) < 4.78 is 4.96. The van der Waals surface area contributed by atoms with Crippen LogP contribution in [0.5, 0.6) is 0 Å². The van der Waals surface area contributed by atoms with E-state index in [4.69, 9.17) is 4.74 Å². The number of ether oxygens (including phenoxy) is 1. The summed E-state index contributed by atoms with van der Waals surface area (Å²) in [5.74, 6) is 0.0408. The number of nitrogens with one attached hydrogen (secondary N) is 2. The molecule has 134 valence electrons. The van der Waals surface area contributed by atoms with E-state index in [2.05, 4.69) is 17.6 Å². The van der Waals surface area contributed by atoms with E-state index >= 15 is 0 Å². The van der Waals surface area contributed by atoms with Crippen molar-refractivity contribution in [2.24, 2.45) is 0 Å². The molecule has 2 N–H and O–H groups in total. The van der Waals surface area contributed by atoms with Crippen LogP contribution in [0.2, 0.25) is 0 Å². The molecule has 0 fully saturated rings. The van der Waals surface area contributed by atoms with E-state index < -0.39 is 0 Å². The first kappa shape index (κ1) is 24.4. The molecule has 0 aliphatic rings. The van der Waals surface area contributed by atoms with E-state index in [1.165, 1.54) is 0 Å². The Labute approximate surface area is 152 Å². The summed E-state index contributed by atoms with van der Waals surface area (Å²) in [6, 6.07) is 9.64. The summed E-state index contributed by atoms with van der Waals surface area (Å²) in [5, 5.41) is 6.20. The minimum Gasteiger partial charge on any atom is -0.383 e. The van der Waals surface area contributed by atoms with Crippen LogP contribution in [0.25, 0.3) is 0 Å². The SMILES string of the molecule is CCN(C)C(C(=O)NCCNCCOC)c1ccccc1.Cl.Cl. The minimum absolute atomic E-state index is 0. The van der Waals surface area contributed by atoms with Gasteiger partial charge in [0.15, 0.2) is 0 Å². The molecule has 0 saturated heterocycles. The zero-order valence-electron chi connectivity index (χ0n) is 14.1. The summed E-state index contributed by atoms with van der Waals surface area (Å²) in [6.45, 7) is 5.70. The lowest BCUT2D eigenvalue weighted by Crippen LogP contribution is -2.41. The standard InChI is InChI=1S/C16H27N3O2.2ClH/c1-4-19(2)15(14-8-6-5-7-9-14)16(20)18-11-10-17-12-13-21-3;;/h5-9,15,17H,4,10-13H2,1-3H3,(H,18,20);2*1H. The van der Waals surface area contributed by atoms with Gasteiger partial charge in [0, 0.05) is 26.7 Å². The fourth-order valence-corrected chi connectivity index (χ4v) is 2.09. The smallest absolute Gasteiger partial charge is 0.241 e. The highest BCUT2D eigenvalue weighted by Gasteiger charge is 2.23. The van der Waals surface area contributed by atoms with Gasteiger partial charge in [-0.15, -0.1) is 24.8 Å². The number of rotatable bonds is 10. The summed E-state index contributed by atoms with van der Waals surface area (Å²) in [4.78, 5) is 14.5. The first-order valence-corrected chi connectivity index (χ1v) is 7.43. The molecular weight excluding hydrogens is 337 g/mol. The van der Waals surface area contributed by atoms with Crippen LogP contribution in [-0.2, 0) is 9.53 Å². The van der Waals surface area contributed by atoms with E-state index in [1.54, 1.807) is 7.11 Å². The molecule has 0 saturated carbocycles. The fourth-order valence-electron chi connectivity index (χ4n) is 2.09. The van der Waals surface area contributed by atoms with Gasteiger partial charge in [0.2, 0.25) is 5.91 Å². The van der Waals surface area contributed by atoms with Gasteiger partial charge in [0.25, 0.3) is 0 Å². The molecule has 1 aromatic rings. The van der Waals surface area contributed by atoms with Crippen molar-refractivity contribution in [1.82, 2.24) is 15.5 Å². The number of halogens is 2. The predicted octanol–water partition coefficient (Wildman–Crippen LogP) is 1.88. The molecule has 0 aliphatic heterocycles. The van der Waals surface area contributed by atoms with Gasteiger partial charge in [-0.25, -0.2) is 0 Å². The van der Waals surface area contributed by atoms with Gasteiger partial charge >= 0.3 is 0 Å². The zero-order chi connectivity index (χ0) is 15.5. The lowest BCUT2D eigenvalue weighted by atomic mass is 10.0. The van der Waals surface area contributed by atoms with Gasteiger partial charge in [-0.1, -0.05) is 37.3 Å². The van der Waals surface area contributed by atoms with Gasteiger partial charge in [0.1, 0.15) is 6.04 Å². The molecule has 23 heavy (non-hydrogen) atoms. The van der Waals surface area contributed by atoms with Crippen LogP contribution >= 0.6 is 24.8 Å². The Kier molecular flexibility index (Phi) is 15.6. The van der Waals surface area contributed by atoms with Gasteiger partial charge in [-0.2, -0.15) is 0 Å². The molecular formula is C16H29Cl2N3O2. The summed E-state index contributed by atoms with van der Waals surface area (Å²) >= 11 is 0. The summed E-state index contributed by atoms with van der Waals surface area (Å²) in [5.41, 5.74) is 1.02. The van der Waals surface area contributed by atoms with Crippen molar-refractivity contribution in [3.05, 3.63) is 35.9 Å². The number of carbonyl (C=O) groups excluding carboxylic acids is 1. The summed E-state index contributed by atoms with van der Waals surface area (Å²) in [7, 11) is 3.64. The average molecular weight is 366 g/mol. The Bertz CT molecular complexity index is 408. The van der Waals surface area contributed by atoms with Crippen molar-refractivity contribution in [2.45, 2.75) is 13.0 Å². The second-order valence-corrected chi connectivity index (χ2v) is 4.92. The molecule has 1 unspecified atom stereocenters. The molecule has 1 atom stereocenters. The highest BCUT2D eigenvalue weighted by atomic mass is 35.5. The normalized spacial score (nSPS) is 11.3. The second kappa shape index (κ2) is 14.7. The number of hydrogen-bond acceptors (Lipinski definition) is 4. The van der Waals surface area contributed by atoms with E-state index in [-0.39, 0.29) is 36.8 Å². The van der Waals surface area contributed by atoms with E-state index in [0.717, 1.165) is 25.2 Å². The van der Waals surface area contributed by atoms with Crippen molar-refractivity contribution in [3.63, 3.8) is 0 Å². The number of amides is 1. The third-order valence-electron chi connectivity index (χ3n) is 3.39. The molecule has 1 amide bonds. The molecule has 0 bridgehead atoms. The van der Waals surface area contributed by atoms with Crippen LogP contribution in [0.1, 0.15) is 18.5 Å². The highest BCUT2D eigenvalue weighted by Crippen LogP contribution is 2.18. The van der Waals surface area contributed by atoms with Gasteiger partial charge in [0.05, 0.1) is 6.61 Å². The first-order valence-electron chi connectivity index (χ1n) is 7.43. The molecule has 0 radical (unpaired) electrons. The quantitative estimate of drug-likeness (QED) is 0.621. The van der Waals surface area contributed by atoms with Crippen LogP contribution in [0.3, 0.4) is 0 Å². The maximum atomic E-state index is 12.4. The van der Waals surface area contributed by atoms with Crippen molar-refractivity contribution in [1.29, 1.82) is 0 Å². The van der Waals surface area contributed by atoms with Gasteiger partial charge in [-0.3, -0.25) is 9.69 Å². The van der Waals surface area contributed by atoms with E-state index in [1.807, 2.05) is 42.3 Å². The topological polar surface area (TPSA) is 53.6 Å². The molecule has 0 spiro atoms. The van der Waals surface area contributed by atoms with E-state index in [9.17, 15) is 4.79 Å². The number of hydrogen-bond donors (Lipinski definition) is 2. The van der Waals surface area contributed by atoms with Crippen LogP contribution in [0.4, 0.5) is 0 Å². The van der Waals surface area contributed by atoms with Gasteiger partial charge < -0.3 is 15.4 Å².